The van der Waals surface area contributed by atoms with Gasteiger partial charge in [0.25, 0.3) is 0 Å². The molecule has 0 bridgehead atoms. The predicted octanol–water partition coefficient (Wildman–Crippen LogP) is 13.0. The number of halogens is 1. The molecule has 0 nitrogen and oxygen atoms in total. The molecule has 34 heavy (non-hydrogen) atoms. The maximum atomic E-state index is 2.37. The lowest BCUT2D eigenvalue weighted by atomic mass is 10.1. The van der Waals surface area contributed by atoms with Crippen molar-refractivity contribution >= 4 is 24.2 Å². The Morgan fingerprint density at radius 3 is 0.676 bits per heavy atom. The lowest BCUT2D eigenvalue weighted by Crippen LogP contribution is -2.13. The molecule has 2 heteroatoms. The van der Waals surface area contributed by atoms with Crippen LogP contribution in [0.15, 0.2) is 0 Å². The highest BCUT2D eigenvalue weighted by Gasteiger charge is 2.34. The molecule has 0 spiro atoms. The zero-order valence-electron chi connectivity index (χ0n) is 24.7. The van der Waals surface area contributed by atoms with E-state index in [1.54, 1.807) is 50.3 Å². The van der Waals surface area contributed by atoms with Gasteiger partial charge in [-0.2, -0.15) is 0 Å². The van der Waals surface area contributed by atoms with Crippen LogP contribution in [0, 0.1) is 0 Å². The quantitative estimate of drug-likeness (QED) is 0.0655. The molecule has 0 aromatic rings. The van der Waals surface area contributed by atoms with Gasteiger partial charge in [0.15, 0.2) is 0 Å². The SMILES string of the molecule is Br.CCCCCCCCCCCCCC[P+](CCCCCC)(CCCCCC)CCCCCC. The fourth-order valence-electron chi connectivity index (χ4n) is 5.58. The molecule has 0 rings (SSSR count). The van der Waals surface area contributed by atoms with Crippen molar-refractivity contribution < 1.29 is 0 Å². The molecule has 0 aliphatic rings. The third kappa shape index (κ3) is 24.6. The van der Waals surface area contributed by atoms with E-state index in [0.29, 0.717) is 0 Å². The Morgan fingerprint density at radius 1 is 0.265 bits per heavy atom. The molecule has 0 saturated carbocycles. The molecule has 0 aromatic heterocycles. The third-order valence-electron chi connectivity index (χ3n) is 7.94. The van der Waals surface area contributed by atoms with Gasteiger partial charge in [-0.3, -0.25) is 0 Å². The van der Waals surface area contributed by atoms with Gasteiger partial charge in [-0.15, -0.1) is 17.0 Å². The summed E-state index contributed by atoms with van der Waals surface area (Å²) in [5.74, 6) is 0. The number of unbranched alkanes of at least 4 members (excludes halogenated alkanes) is 20. The number of rotatable bonds is 28. The predicted molar refractivity (Wildman–Crippen MR) is 170 cm³/mol. The lowest BCUT2D eigenvalue weighted by Gasteiger charge is -2.28. The van der Waals surface area contributed by atoms with Gasteiger partial charge in [0, 0.05) is 7.26 Å². The summed E-state index contributed by atoms with van der Waals surface area (Å²) < 4.78 is 0. The monoisotopic (exact) mass is 563 g/mol. The molecular formula is C32H69BrP+. The summed E-state index contributed by atoms with van der Waals surface area (Å²) in [6.07, 6.45) is 42.1. The first kappa shape index (κ1) is 37.1. The van der Waals surface area contributed by atoms with E-state index in [1.807, 2.05) is 0 Å². The van der Waals surface area contributed by atoms with Gasteiger partial charge in [-0.1, -0.05) is 130 Å². The van der Waals surface area contributed by atoms with Gasteiger partial charge in [-0.25, -0.2) is 0 Å². The van der Waals surface area contributed by atoms with E-state index in [-0.39, 0.29) is 17.0 Å². The van der Waals surface area contributed by atoms with Gasteiger partial charge >= 0.3 is 0 Å². The van der Waals surface area contributed by atoms with E-state index < -0.39 is 7.26 Å². The molecule has 0 N–H and O–H groups in total. The second-order valence-corrected chi connectivity index (χ2v) is 15.8. The molecule has 0 amide bonds. The van der Waals surface area contributed by atoms with Crippen LogP contribution in [0.3, 0.4) is 0 Å². The van der Waals surface area contributed by atoms with Gasteiger partial charge in [-0.05, 0) is 51.4 Å². The molecule has 0 unspecified atom stereocenters. The van der Waals surface area contributed by atoms with Crippen LogP contribution in [0.4, 0.5) is 0 Å². The molecule has 0 saturated heterocycles. The topological polar surface area (TPSA) is 0 Å². The van der Waals surface area contributed by atoms with Crippen LogP contribution >= 0.6 is 24.2 Å². The average molecular weight is 565 g/mol. The standard InChI is InChI=1S/C32H68P.BrH/c1-5-9-13-17-18-19-20-21-22-23-24-28-32-33(29-25-14-10-6-2,30-26-15-11-7-3)31-27-16-12-8-4;/h5-32H2,1-4H3;1H/q+1;. The van der Waals surface area contributed by atoms with Crippen molar-refractivity contribution in [3.05, 3.63) is 0 Å². The lowest BCUT2D eigenvalue weighted by molar-refractivity contribution is 0.548. The molecule has 0 aliphatic heterocycles. The van der Waals surface area contributed by atoms with Crippen LogP contribution in [0.1, 0.15) is 182 Å². The molecule has 0 fully saturated rings. The minimum absolute atomic E-state index is 0. The Balaban J connectivity index is 0. The molecule has 0 atom stereocenters. The Labute approximate surface area is 230 Å². The number of hydrogen-bond acceptors (Lipinski definition) is 0. The third-order valence-corrected chi connectivity index (χ3v) is 13.0. The Kier molecular flexibility index (Phi) is 32.9. The number of hydrogen-bond donors (Lipinski definition) is 0. The van der Waals surface area contributed by atoms with Gasteiger partial charge < -0.3 is 0 Å². The van der Waals surface area contributed by atoms with Crippen molar-refractivity contribution in [1.82, 2.24) is 0 Å². The van der Waals surface area contributed by atoms with E-state index in [9.17, 15) is 0 Å². The van der Waals surface area contributed by atoms with Gasteiger partial charge in [0.1, 0.15) is 0 Å². The molecule has 0 radical (unpaired) electrons. The molecule has 0 aliphatic carbocycles. The van der Waals surface area contributed by atoms with Gasteiger partial charge in [0.2, 0.25) is 0 Å². The van der Waals surface area contributed by atoms with Crippen molar-refractivity contribution in [1.29, 1.82) is 0 Å². The summed E-state index contributed by atoms with van der Waals surface area (Å²) in [5.41, 5.74) is 0. The van der Waals surface area contributed by atoms with E-state index in [4.69, 9.17) is 0 Å². The molecule has 0 aromatic carbocycles. The summed E-state index contributed by atoms with van der Waals surface area (Å²) in [6.45, 7) is 9.41. The molecule has 208 valence electrons. The van der Waals surface area contributed by atoms with Crippen LogP contribution in [0.5, 0.6) is 0 Å². The van der Waals surface area contributed by atoms with Crippen molar-refractivity contribution in [3.63, 3.8) is 0 Å². The van der Waals surface area contributed by atoms with E-state index in [0.717, 1.165) is 0 Å². The Bertz CT molecular complexity index is 326. The Hall–Kier alpha value is 0.910. The van der Waals surface area contributed by atoms with Crippen LogP contribution in [-0.2, 0) is 0 Å². The van der Waals surface area contributed by atoms with Crippen LogP contribution in [0.2, 0.25) is 0 Å². The average Bonchev–Trinajstić information content (AvgIpc) is 2.83. The highest BCUT2D eigenvalue weighted by atomic mass is 79.9. The highest BCUT2D eigenvalue weighted by Crippen LogP contribution is 2.61. The van der Waals surface area contributed by atoms with Crippen LogP contribution in [0.25, 0.3) is 0 Å². The normalized spacial score (nSPS) is 11.6. The van der Waals surface area contributed by atoms with Crippen molar-refractivity contribution in [2.24, 2.45) is 0 Å². The molecule has 0 heterocycles. The van der Waals surface area contributed by atoms with Crippen LogP contribution in [-0.4, -0.2) is 24.6 Å². The summed E-state index contributed by atoms with van der Waals surface area (Å²) in [5, 5.41) is 0. The highest BCUT2D eigenvalue weighted by molar-refractivity contribution is 8.93. The van der Waals surface area contributed by atoms with Crippen molar-refractivity contribution in [2.75, 3.05) is 24.6 Å². The zero-order valence-corrected chi connectivity index (χ0v) is 27.3. The second kappa shape index (κ2) is 30.1. The van der Waals surface area contributed by atoms with E-state index in [1.165, 1.54) is 128 Å². The first-order chi connectivity index (χ1) is 16.2. The van der Waals surface area contributed by atoms with Crippen molar-refractivity contribution in [2.45, 2.75) is 182 Å². The summed E-state index contributed by atoms with van der Waals surface area (Å²) >= 11 is 0. The first-order valence-electron chi connectivity index (χ1n) is 16.1. The minimum Gasteiger partial charge on any atom is -0.114 e. The Morgan fingerprint density at radius 2 is 0.441 bits per heavy atom. The minimum atomic E-state index is -0.697. The largest absolute Gasteiger partial charge is 0.114 e. The summed E-state index contributed by atoms with van der Waals surface area (Å²) in [7, 11) is -0.697. The van der Waals surface area contributed by atoms with Crippen molar-refractivity contribution in [3.8, 4) is 0 Å². The first-order valence-corrected chi connectivity index (χ1v) is 18.6. The van der Waals surface area contributed by atoms with Gasteiger partial charge in [0.05, 0.1) is 24.6 Å². The summed E-state index contributed by atoms with van der Waals surface area (Å²) in [6, 6.07) is 0. The fraction of sp³-hybridized carbons (Fsp3) is 1.00. The smallest absolute Gasteiger partial charge is 0.0594 e. The van der Waals surface area contributed by atoms with E-state index >= 15 is 0 Å². The fourth-order valence-corrected chi connectivity index (χ4v) is 10.5. The zero-order chi connectivity index (χ0) is 24.3. The maximum absolute atomic E-state index is 2.37. The second-order valence-electron chi connectivity index (χ2n) is 11.3. The molecular weight excluding hydrogens is 495 g/mol. The van der Waals surface area contributed by atoms with Crippen LogP contribution < -0.4 is 0 Å². The maximum Gasteiger partial charge on any atom is 0.0594 e. The summed E-state index contributed by atoms with van der Waals surface area (Å²) in [4.78, 5) is 0. The van der Waals surface area contributed by atoms with E-state index in [2.05, 4.69) is 27.7 Å².